The molecule has 1 saturated carbocycles. The molecule has 0 aromatic carbocycles. The van der Waals surface area contributed by atoms with E-state index in [-0.39, 0.29) is 0 Å². The van der Waals surface area contributed by atoms with Crippen molar-refractivity contribution in [3.63, 3.8) is 0 Å². The molecular formula is C14H22N2S. The smallest absolute Gasteiger partial charge is 0.129 e. The van der Waals surface area contributed by atoms with Gasteiger partial charge in [-0.15, -0.1) is 0 Å². The quantitative estimate of drug-likeness (QED) is 0.806. The number of hydrogen-bond donors (Lipinski definition) is 1. The number of aromatic nitrogens is 2. The van der Waals surface area contributed by atoms with Crippen molar-refractivity contribution in [1.29, 1.82) is 0 Å². The summed E-state index contributed by atoms with van der Waals surface area (Å²) in [5, 5.41) is 0. The molecule has 1 aromatic rings. The minimum Gasteiger partial charge on any atom is -0.347 e. The van der Waals surface area contributed by atoms with Gasteiger partial charge in [-0.3, -0.25) is 0 Å². The van der Waals surface area contributed by atoms with Crippen LogP contribution in [0.15, 0.2) is 6.07 Å². The van der Waals surface area contributed by atoms with Crippen molar-refractivity contribution in [3.05, 3.63) is 22.2 Å². The molecule has 1 N–H and O–H groups in total. The SMILES string of the molecule is CCc1cc(=S)nc(C2CCCC(CC)C2)[nH]1. The molecule has 94 valence electrons. The highest BCUT2D eigenvalue weighted by Crippen LogP contribution is 2.36. The van der Waals surface area contributed by atoms with Crippen molar-refractivity contribution in [3.8, 4) is 0 Å². The van der Waals surface area contributed by atoms with E-state index in [1.54, 1.807) is 0 Å². The van der Waals surface area contributed by atoms with E-state index in [0.29, 0.717) is 5.92 Å². The first kappa shape index (κ1) is 12.7. The van der Waals surface area contributed by atoms with Gasteiger partial charge in [0.25, 0.3) is 0 Å². The number of nitrogens with zero attached hydrogens (tertiary/aromatic N) is 1. The van der Waals surface area contributed by atoms with Crippen molar-refractivity contribution in [2.45, 2.75) is 58.3 Å². The summed E-state index contributed by atoms with van der Waals surface area (Å²) in [5.74, 6) is 2.61. The molecule has 2 nitrogen and oxygen atoms in total. The lowest BCUT2D eigenvalue weighted by molar-refractivity contribution is 0.306. The predicted molar refractivity (Wildman–Crippen MR) is 73.8 cm³/mol. The van der Waals surface area contributed by atoms with Gasteiger partial charge in [-0.25, -0.2) is 4.98 Å². The van der Waals surface area contributed by atoms with Crippen LogP contribution in [-0.4, -0.2) is 9.97 Å². The van der Waals surface area contributed by atoms with Gasteiger partial charge in [0.05, 0.1) is 0 Å². The van der Waals surface area contributed by atoms with E-state index >= 15 is 0 Å². The molecule has 2 atom stereocenters. The van der Waals surface area contributed by atoms with Gasteiger partial charge >= 0.3 is 0 Å². The Balaban J connectivity index is 2.21. The van der Waals surface area contributed by atoms with Crippen molar-refractivity contribution < 1.29 is 0 Å². The number of rotatable bonds is 3. The second kappa shape index (κ2) is 5.76. The maximum Gasteiger partial charge on any atom is 0.129 e. The summed E-state index contributed by atoms with van der Waals surface area (Å²) in [7, 11) is 0. The summed E-state index contributed by atoms with van der Waals surface area (Å²) in [6.45, 7) is 4.45. The Bertz CT molecular complexity index is 424. The van der Waals surface area contributed by atoms with Gasteiger partial charge in [0, 0.05) is 11.6 Å². The third-order valence-corrected chi connectivity index (χ3v) is 4.15. The van der Waals surface area contributed by atoms with Gasteiger partial charge < -0.3 is 4.98 Å². The van der Waals surface area contributed by atoms with Crippen LogP contribution in [0.2, 0.25) is 0 Å². The number of H-pyrrole nitrogens is 1. The molecule has 1 aliphatic rings. The van der Waals surface area contributed by atoms with E-state index in [9.17, 15) is 0 Å². The molecule has 1 fully saturated rings. The lowest BCUT2D eigenvalue weighted by atomic mass is 9.80. The average molecular weight is 250 g/mol. The van der Waals surface area contributed by atoms with E-state index in [2.05, 4.69) is 23.8 Å². The number of aromatic amines is 1. The van der Waals surface area contributed by atoms with Crippen LogP contribution in [-0.2, 0) is 6.42 Å². The molecular weight excluding hydrogens is 228 g/mol. The van der Waals surface area contributed by atoms with Crippen LogP contribution in [0, 0.1) is 10.6 Å². The van der Waals surface area contributed by atoms with E-state index in [1.165, 1.54) is 37.8 Å². The third-order valence-electron chi connectivity index (χ3n) is 3.94. The number of nitrogens with one attached hydrogen (secondary N) is 1. The molecule has 1 heterocycles. The zero-order chi connectivity index (χ0) is 12.3. The lowest BCUT2D eigenvalue weighted by Gasteiger charge is -2.27. The van der Waals surface area contributed by atoms with E-state index < -0.39 is 0 Å². The van der Waals surface area contributed by atoms with Crippen molar-refractivity contribution in [2.75, 3.05) is 0 Å². The molecule has 17 heavy (non-hydrogen) atoms. The highest BCUT2D eigenvalue weighted by molar-refractivity contribution is 7.71. The molecule has 0 saturated heterocycles. The van der Waals surface area contributed by atoms with Crippen LogP contribution in [0.1, 0.15) is 63.4 Å². The first-order chi connectivity index (χ1) is 8.22. The largest absolute Gasteiger partial charge is 0.347 e. The number of hydrogen-bond acceptors (Lipinski definition) is 2. The summed E-state index contributed by atoms with van der Waals surface area (Å²) in [6, 6.07) is 1.99. The fourth-order valence-electron chi connectivity index (χ4n) is 2.82. The number of aryl methyl sites for hydroxylation is 1. The zero-order valence-electron chi connectivity index (χ0n) is 10.8. The van der Waals surface area contributed by atoms with Gasteiger partial charge in [-0.05, 0) is 31.2 Å². The van der Waals surface area contributed by atoms with Crippen molar-refractivity contribution in [1.82, 2.24) is 9.97 Å². The second-order valence-electron chi connectivity index (χ2n) is 5.12. The van der Waals surface area contributed by atoms with Gasteiger partial charge in [-0.2, -0.15) is 0 Å². The summed E-state index contributed by atoms with van der Waals surface area (Å²) in [6.07, 6.45) is 7.57. The average Bonchev–Trinajstić information content (AvgIpc) is 2.38. The molecule has 1 aromatic heterocycles. The molecule has 2 unspecified atom stereocenters. The molecule has 1 aliphatic carbocycles. The summed E-state index contributed by atoms with van der Waals surface area (Å²) in [5.41, 5.74) is 1.22. The van der Waals surface area contributed by atoms with Crippen LogP contribution >= 0.6 is 12.2 Å². The third kappa shape index (κ3) is 3.15. The maximum atomic E-state index is 5.25. The van der Waals surface area contributed by atoms with Crippen LogP contribution < -0.4 is 0 Å². The zero-order valence-corrected chi connectivity index (χ0v) is 11.6. The predicted octanol–water partition coefficient (Wildman–Crippen LogP) is 4.39. The Morgan fingerprint density at radius 1 is 1.41 bits per heavy atom. The van der Waals surface area contributed by atoms with Gasteiger partial charge in [0.15, 0.2) is 0 Å². The highest BCUT2D eigenvalue weighted by Gasteiger charge is 2.23. The molecule has 0 aliphatic heterocycles. The fourth-order valence-corrected chi connectivity index (χ4v) is 3.06. The monoisotopic (exact) mass is 250 g/mol. The Hall–Kier alpha value is -0.700. The molecule has 3 heteroatoms. The van der Waals surface area contributed by atoms with Gasteiger partial charge in [0.1, 0.15) is 10.5 Å². The topological polar surface area (TPSA) is 28.7 Å². The van der Waals surface area contributed by atoms with Crippen molar-refractivity contribution >= 4 is 12.2 Å². The summed E-state index contributed by atoms with van der Waals surface area (Å²) >= 11 is 5.25. The Morgan fingerprint density at radius 2 is 2.24 bits per heavy atom. The van der Waals surface area contributed by atoms with E-state index in [1.807, 2.05) is 6.07 Å². The maximum absolute atomic E-state index is 5.25. The Morgan fingerprint density at radius 3 is 2.94 bits per heavy atom. The van der Waals surface area contributed by atoms with Crippen LogP contribution in [0.4, 0.5) is 0 Å². The first-order valence-corrected chi connectivity index (χ1v) is 7.23. The summed E-state index contributed by atoms with van der Waals surface area (Å²) < 4.78 is 0.745. The normalized spacial score (nSPS) is 24.8. The lowest BCUT2D eigenvalue weighted by Crippen LogP contribution is -2.16. The minimum absolute atomic E-state index is 0.599. The Labute approximate surface area is 109 Å². The van der Waals surface area contributed by atoms with Gasteiger partial charge in [0.2, 0.25) is 0 Å². The Kier molecular flexibility index (Phi) is 4.32. The summed E-state index contributed by atoms with van der Waals surface area (Å²) in [4.78, 5) is 8.00. The standard InChI is InChI=1S/C14H22N2S/c1-3-10-6-5-7-11(8-10)14-15-12(4-2)9-13(17)16-14/h9-11H,3-8H2,1-2H3,(H,15,16,17). The molecule has 2 rings (SSSR count). The highest BCUT2D eigenvalue weighted by atomic mass is 32.1. The minimum atomic E-state index is 0.599. The van der Waals surface area contributed by atoms with Crippen LogP contribution in [0.5, 0.6) is 0 Å². The van der Waals surface area contributed by atoms with E-state index in [0.717, 1.165) is 22.8 Å². The second-order valence-corrected chi connectivity index (χ2v) is 5.54. The van der Waals surface area contributed by atoms with E-state index in [4.69, 9.17) is 12.2 Å². The van der Waals surface area contributed by atoms with Gasteiger partial charge in [-0.1, -0.05) is 45.3 Å². The fraction of sp³-hybridized carbons (Fsp3) is 0.714. The molecule has 0 amide bonds. The molecule has 0 bridgehead atoms. The van der Waals surface area contributed by atoms with Crippen LogP contribution in [0.25, 0.3) is 0 Å². The first-order valence-electron chi connectivity index (χ1n) is 6.83. The van der Waals surface area contributed by atoms with Crippen molar-refractivity contribution in [2.24, 2.45) is 5.92 Å². The molecule has 0 spiro atoms. The van der Waals surface area contributed by atoms with Crippen LogP contribution in [0.3, 0.4) is 0 Å². The molecule has 0 radical (unpaired) electrons.